The Hall–Kier alpha value is -2.14. The summed E-state index contributed by atoms with van der Waals surface area (Å²) in [7, 11) is 1.22. The van der Waals surface area contributed by atoms with Crippen LogP contribution in [0.1, 0.15) is 15.9 Å². The predicted octanol–water partition coefficient (Wildman–Crippen LogP) is 5.10. The van der Waals surface area contributed by atoms with Gasteiger partial charge in [-0.2, -0.15) is 0 Å². The third-order valence-electron chi connectivity index (χ3n) is 3.47. The maximum Gasteiger partial charge on any atom is 0.341 e. The second-order valence-electron chi connectivity index (χ2n) is 4.91. The maximum absolute atomic E-state index is 14.1. The molecule has 3 aromatic rings. The highest BCUT2D eigenvalue weighted by molar-refractivity contribution is 9.10. The minimum atomic E-state index is -0.735. The topological polar surface area (TPSA) is 39.4 Å². The zero-order chi connectivity index (χ0) is 15.9. The van der Waals surface area contributed by atoms with Crippen LogP contribution in [-0.2, 0) is 4.74 Å². The van der Waals surface area contributed by atoms with Crippen molar-refractivity contribution >= 4 is 32.7 Å². The number of carbonyl (C=O) groups is 1. The summed E-state index contributed by atoms with van der Waals surface area (Å²) in [6.07, 6.45) is 0. The van der Waals surface area contributed by atoms with E-state index >= 15 is 0 Å². The molecule has 1 aromatic heterocycles. The lowest BCUT2D eigenvalue weighted by molar-refractivity contribution is 0.0596. The Bertz CT molecular complexity index is 883. The zero-order valence-electron chi connectivity index (χ0n) is 11.9. The van der Waals surface area contributed by atoms with Crippen molar-refractivity contribution in [1.82, 2.24) is 0 Å². The lowest BCUT2D eigenvalue weighted by Gasteiger charge is -2.07. The standard InChI is InChI=1S/C17H12BrFO3/c1-9-6-7-10-12(8-9)16(18)22-15(10)11-4-3-5-13(19)14(11)17(20)21-2/h3-8H,1-2H3. The number of fused-ring (bicyclic) bond motifs is 1. The third kappa shape index (κ3) is 2.31. The fourth-order valence-corrected chi connectivity index (χ4v) is 2.93. The Kier molecular flexibility index (Phi) is 3.74. The number of esters is 1. The number of ether oxygens (including phenoxy) is 1. The van der Waals surface area contributed by atoms with Crippen LogP contribution in [0.25, 0.3) is 22.1 Å². The summed E-state index contributed by atoms with van der Waals surface area (Å²) in [4.78, 5) is 11.9. The first-order chi connectivity index (χ1) is 10.5. The normalized spacial score (nSPS) is 10.9. The van der Waals surface area contributed by atoms with Crippen molar-refractivity contribution in [3.63, 3.8) is 0 Å². The van der Waals surface area contributed by atoms with Crippen LogP contribution in [0.3, 0.4) is 0 Å². The van der Waals surface area contributed by atoms with Crippen molar-refractivity contribution in [3.05, 3.63) is 58.0 Å². The molecule has 0 saturated heterocycles. The van der Waals surface area contributed by atoms with Gasteiger partial charge in [-0.05, 0) is 35.0 Å². The molecule has 0 amide bonds. The molecule has 0 aliphatic heterocycles. The van der Waals surface area contributed by atoms with Gasteiger partial charge >= 0.3 is 5.97 Å². The number of methoxy groups -OCH3 is 1. The van der Waals surface area contributed by atoms with Crippen molar-refractivity contribution < 1.29 is 18.3 Å². The lowest BCUT2D eigenvalue weighted by atomic mass is 10.0. The monoisotopic (exact) mass is 362 g/mol. The van der Waals surface area contributed by atoms with Gasteiger partial charge in [0.15, 0.2) is 4.67 Å². The van der Waals surface area contributed by atoms with Crippen LogP contribution >= 0.6 is 15.9 Å². The predicted molar refractivity (Wildman–Crippen MR) is 85.4 cm³/mol. The van der Waals surface area contributed by atoms with Crippen molar-refractivity contribution in [3.8, 4) is 11.3 Å². The third-order valence-corrected chi connectivity index (χ3v) is 4.06. The fourth-order valence-electron chi connectivity index (χ4n) is 2.44. The van der Waals surface area contributed by atoms with Crippen LogP contribution < -0.4 is 0 Å². The SMILES string of the molecule is COC(=O)c1c(F)cccc1-c1oc(Br)c2cc(C)ccc12. The van der Waals surface area contributed by atoms with Crippen LogP contribution in [0.4, 0.5) is 4.39 Å². The lowest BCUT2D eigenvalue weighted by Crippen LogP contribution is -2.06. The minimum Gasteiger partial charge on any atom is -0.465 e. The van der Waals surface area contributed by atoms with E-state index < -0.39 is 11.8 Å². The zero-order valence-corrected chi connectivity index (χ0v) is 13.5. The summed E-state index contributed by atoms with van der Waals surface area (Å²) in [5.74, 6) is -0.945. The number of hydrogen-bond acceptors (Lipinski definition) is 3. The van der Waals surface area contributed by atoms with E-state index in [0.29, 0.717) is 16.0 Å². The minimum absolute atomic E-state index is 0.131. The Morgan fingerprint density at radius 1 is 1.23 bits per heavy atom. The number of benzene rings is 2. The van der Waals surface area contributed by atoms with Gasteiger partial charge < -0.3 is 9.15 Å². The molecule has 0 bridgehead atoms. The van der Waals surface area contributed by atoms with Crippen LogP contribution in [0, 0.1) is 12.7 Å². The Labute approximate surface area is 134 Å². The van der Waals surface area contributed by atoms with Crippen molar-refractivity contribution in [1.29, 1.82) is 0 Å². The summed E-state index contributed by atoms with van der Waals surface area (Å²) in [5, 5.41) is 1.67. The van der Waals surface area contributed by atoms with Gasteiger partial charge in [-0.15, -0.1) is 0 Å². The van der Waals surface area contributed by atoms with E-state index in [9.17, 15) is 9.18 Å². The van der Waals surface area contributed by atoms with Gasteiger partial charge in [0.05, 0.1) is 7.11 Å². The molecule has 0 N–H and O–H groups in total. The molecule has 0 unspecified atom stereocenters. The first-order valence-electron chi connectivity index (χ1n) is 6.58. The van der Waals surface area contributed by atoms with Gasteiger partial charge in [0.2, 0.25) is 0 Å². The van der Waals surface area contributed by atoms with Crippen molar-refractivity contribution in [2.45, 2.75) is 6.92 Å². The van der Waals surface area contributed by atoms with Crippen molar-refractivity contribution in [2.75, 3.05) is 7.11 Å². The highest BCUT2D eigenvalue weighted by atomic mass is 79.9. The number of halogens is 2. The largest absolute Gasteiger partial charge is 0.465 e. The molecular formula is C17H12BrFO3. The van der Waals surface area contributed by atoms with E-state index in [1.807, 2.05) is 25.1 Å². The van der Waals surface area contributed by atoms with Gasteiger partial charge in [-0.3, -0.25) is 0 Å². The molecule has 0 aliphatic carbocycles. The summed E-state index contributed by atoms with van der Waals surface area (Å²) >= 11 is 3.37. The number of furan rings is 1. The Morgan fingerprint density at radius 2 is 2.00 bits per heavy atom. The van der Waals surface area contributed by atoms with E-state index in [4.69, 9.17) is 4.42 Å². The molecule has 0 spiro atoms. The smallest absolute Gasteiger partial charge is 0.341 e. The molecular weight excluding hydrogens is 351 g/mol. The summed E-state index contributed by atoms with van der Waals surface area (Å²) < 4.78 is 25.1. The molecule has 3 nitrogen and oxygen atoms in total. The van der Waals surface area contributed by atoms with Gasteiger partial charge in [-0.25, -0.2) is 9.18 Å². The van der Waals surface area contributed by atoms with E-state index in [-0.39, 0.29) is 5.56 Å². The molecule has 0 fully saturated rings. The molecule has 22 heavy (non-hydrogen) atoms. The van der Waals surface area contributed by atoms with Gasteiger partial charge in [-0.1, -0.05) is 29.8 Å². The second-order valence-corrected chi connectivity index (χ2v) is 5.63. The van der Waals surface area contributed by atoms with Gasteiger partial charge in [0.25, 0.3) is 0 Å². The molecule has 0 saturated carbocycles. The molecule has 0 atom stereocenters. The van der Waals surface area contributed by atoms with Gasteiger partial charge in [0, 0.05) is 16.3 Å². The maximum atomic E-state index is 14.1. The van der Waals surface area contributed by atoms with Crippen LogP contribution in [-0.4, -0.2) is 13.1 Å². The van der Waals surface area contributed by atoms with E-state index in [1.165, 1.54) is 19.2 Å². The highest BCUT2D eigenvalue weighted by Gasteiger charge is 2.23. The summed E-state index contributed by atoms with van der Waals surface area (Å²) in [5.41, 5.74) is 1.31. The molecule has 5 heteroatoms. The van der Waals surface area contributed by atoms with Crippen LogP contribution in [0.5, 0.6) is 0 Å². The molecule has 0 aliphatic rings. The molecule has 2 aromatic carbocycles. The molecule has 0 radical (unpaired) electrons. The van der Waals surface area contributed by atoms with Crippen LogP contribution in [0.2, 0.25) is 0 Å². The number of rotatable bonds is 2. The Morgan fingerprint density at radius 3 is 2.73 bits per heavy atom. The second kappa shape index (κ2) is 5.57. The van der Waals surface area contributed by atoms with Crippen LogP contribution in [0.15, 0.2) is 45.5 Å². The molecule has 1 heterocycles. The first-order valence-corrected chi connectivity index (χ1v) is 7.38. The summed E-state index contributed by atoms with van der Waals surface area (Å²) in [6, 6.07) is 10.2. The quantitative estimate of drug-likeness (QED) is 0.595. The fraction of sp³-hybridized carbons (Fsp3) is 0.118. The number of aryl methyl sites for hydroxylation is 1. The Balaban J connectivity index is 2.33. The van der Waals surface area contributed by atoms with Gasteiger partial charge in [0.1, 0.15) is 17.1 Å². The van der Waals surface area contributed by atoms with E-state index in [0.717, 1.165) is 16.3 Å². The molecule has 112 valence electrons. The number of hydrogen-bond donors (Lipinski definition) is 0. The summed E-state index contributed by atoms with van der Waals surface area (Å²) in [6.45, 7) is 1.97. The van der Waals surface area contributed by atoms with E-state index in [2.05, 4.69) is 20.7 Å². The molecule has 3 rings (SSSR count). The van der Waals surface area contributed by atoms with Crippen molar-refractivity contribution in [2.24, 2.45) is 0 Å². The van der Waals surface area contributed by atoms with E-state index in [1.54, 1.807) is 6.07 Å². The average molecular weight is 363 g/mol. The first kappa shape index (κ1) is 14.8. The average Bonchev–Trinajstić information content (AvgIpc) is 2.83. The highest BCUT2D eigenvalue weighted by Crippen LogP contribution is 2.39. The number of carbonyl (C=O) groups excluding carboxylic acids is 1.